The quantitative estimate of drug-likeness (QED) is 0.647. The predicted octanol–water partition coefficient (Wildman–Crippen LogP) is 3.05. The van der Waals surface area contributed by atoms with Crippen molar-refractivity contribution in [3.05, 3.63) is 42.6 Å². The molecule has 1 aromatic carbocycles. The molecule has 1 saturated heterocycles. The number of pyridine rings is 2. The van der Waals surface area contributed by atoms with E-state index < -0.39 is 0 Å². The lowest BCUT2D eigenvalue weighted by molar-refractivity contribution is 0.359. The van der Waals surface area contributed by atoms with E-state index in [0.29, 0.717) is 0 Å². The molecule has 0 spiro atoms. The van der Waals surface area contributed by atoms with E-state index in [4.69, 9.17) is 9.98 Å². The fourth-order valence-corrected chi connectivity index (χ4v) is 3.71. The third-order valence-electron chi connectivity index (χ3n) is 4.87. The highest BCUT2D eigenvalue weighted by atomic mass is 15.4. The summed E-state index contributed by atoms with van der Waals surface area (Å²) in [6.07, 6.45) is 4.13. The Hall–Kier alpha value is -2.69. The van der Waals surface area contributed by atoms with Crippen molar-refractivity contribution in [2.45, 2.75) is 12.8 Å². The summed E-state index contributed by atoms with van der Waals surface area (Å²) in [6, 6.07) is 12.5. The van der Waals surface area contributed by atoms with Gasteiger partial charge in [-0.15, -0.1) is 0 Å². The van der Waals surface area contributed by atoms with Crippen molar-refractivity contribution in [1.82, 2.24) is 14.9 Å². The molecule has 4 heterocycles. The highest BCUT2D eigenvalue weighted by molar-refractivity contribution is 6.04. The number of nitrogens with zero attached hydrogens (tertiary/aromatic N) is 5. The number of guanidine groups is 1. The average molecular weight is 317 g/mol. The molecular formula is C19H19N5. The summed E-state index contributed by atoms with van der Waals surface area (Å²) < 4.78 is 0. The molecule has 24 heavy (non-hydrogen) atoms. The third kappa shape index (κ3) is 2.12. The maximum atomic E-state index is 4.97. The molecule has 0 unspecified atom stereocenters. The van der Waals surface area contributed by atoms with Gasteiger partial charge in [0.25, 0.3) is 0 Å². The SMILES string of the molecule is c1cnc2c(c1)ccc1ccc(N3CCCN4CCCN=C43)nc12. The summed E-state index contributed by atoms with van der Waals surface area (Å²) in [7, 11) is 0. The minimum Gasteiger partial charge on any atom is -0.342 e. The van der Waals surface area contributed by atoms with Crippen LogP contribution in [0.1, 0.15) is 12.8 Å². The standard InChI is InChI=1S/C19H19N5/c1-4-14-5-6-15-7-8-16(22-18(15)17(14)20-9-1)24-13-3-12-23-11-2-10-21-19(23)24/h1,4-9H,2-3,10-13H2. The van der Waals surface area contributed by atoms with Crippen molar-refractivity contribution in [2.24, 2.45) is 4.99 Å². The van der Waals surface area contributed by atoms with E-state index in [1.165, 1.54) is 0 Å². The van der Waals surface area contributed by atoms with Crippen molar-refractivity contribution in [3.8, 4) is 0 Å². The molecule has 5 rings (SSSR count). The highest BCUT2D eigenvalue weighted by Gasteiger charge is 2.27. The molecule has 0 bridgehead atoms. The van der Waals surface area contributed by atoms with Gasteiger partial charge in [0.15, 0.2) is 0 Å². The molecule has 0 atom stereocenters. The molecule has 5 nitrogen and oxygen atoms in total. The van der Waals surface area contributed by atoms with Crippen LogP contribution in [0.25, 0.3) is 21.8 Å². The second-order valence-corrected chi connectivity index (χ2v) is 6.41. The van der Waals surface area contributed by atoms with Crippen LogP contribution in [0, 0.1) is 0 Å². The molecule has 1 fully saturated rings. The van der Waals surface area contributed by atoms with Gasteiger partial charge in [-0.1, -0.05) is 18.2 Å². The second kappa shape index (κ2) is 5.44. The molecule has 0 N–H and O–H groups in total. The summed E-state index contributed by atoms with van der Waals surface area (Å²) in [5.41, 5.74) is 1.94. The van der Waals surface area contributed by atoms with Gasteiger partial charge in [0.1, 0.15) is 5.82 Å². The molecule has 3 aromatic rings. The summed E-state index contributed by atoms with van der Waals surface area (Å²) in [4.78, 5) is 19.0. The molecule has 2 aliphatic heterocycles. The first-order chi connectivity index (χ1) is 11.9. The van der Waals surface area contributed by atoms with E-state index in [0.717, 1.165) is 72.6 Å². The van der Waals surface area contributed by atoms with E-state index in [1.807, 2.05) is 12.3 Å². The van der Waals surface area contributed by atoms with Crippen LogP contribution in [0.15, 0.2) is 47.6 Å². The maximum Gasteiger partial charge on any atom is 0.202 e. The van der Waals surface area contributed by atoms with Gasteiger partial charge in [0.2, 0.25) is 5.96 Å². The van der Waals surface area contributed by atoms with E-state index in [-0.39, 0.29) is 0 Å². The van der Waals surface area contributed by atoms with Gasteiger partial charge in [0.05, 0.1) is 11.0 Å². The monoisotopic (exact) mass is 317 g/mol. The minimum atomic E-state index is 0.917. The molecule has 120 valence electrons. The van der Waals surface area contributed by atoms with Gasteiger partial charge in [0, 0.05) is 43.1 Å². The largest absolute Gasteiger partial charge is 0.342 e. The second-order valence-electron chi connectivity index (χ2n) is 6.41. The first-order valence-corrected chi connectivity index (χ1v) is 8.62. The third-order valence-corrected chi connectivity index (χ3v) is 4.87. The summed E-state index contributed by atoms with van der Waals surface area (Å²) in [5, 5.41) is 2.26. The van der Waals surface area contributed by atoms with E-state index in [1.54, 1.807) is 0 Å². The smallest absolute Gasteiger partial charge is 0.202 e. The number of benzene rings is 1. The normalized spacial score (nSPS) is 17.9. The van der Waals surface area contributed by atoms with E-state index in [2.05, 4.69) is 45.1 Å². The van der Waals surface area contributed by atoms with Crippen LogP contribution in [0.4, 0.5) is 5.82 Å². The summed E-state index contributed by atoms with van der Waals surface area (Å²) in [6.45, 7) is 4.10. The Kier molecular flexibility index (Phi) is 3.11. The van der Waals surface area contributed by atoms with Crippen LogP contribution >= 0.6 is 0 Å². The van der Waals surface area contributed by atoms with Crippen LogP contribution in [-0.4, -0.2) is 47.0 Å². The van der Waals surface area contributed by atoms with Crippen LogP contribution in [-0.2, 0) is 0 Å². The Morgan fingerprint density at radius 1 is 0.833 bits per heavy atom. The molecule has 2 aliphatic rings. The Bertz CT molecular complexity index is 949. The fourth-order valence-electron chi connectivity index (χ4n) is 3.71. The van der Waals surface area contributed by atoms with Gasteiger partial charge in [-0.2, -0.15) is 0 Å². The first kappa shape index (κ1) is 13.7. The van der Waals surface area contributed by atoms with Crippen molar-refractivity contribution >= 4 is 33.6 Å². The van der Waals surface area contributed by atoms with E-state index >= 15 is 0 Å². The van der Waals surface area contributed by atoms with Crippen molar-refractivity contribution in [3.63, 3.8) is 0 Å². The molecule has 0 aliphatic carbocycles. The molecule has 0 radical (unpaired) electrons. The van der Waals surface area contributed by atoms with Gasteiger partial charge in [-0.25, -0.2) is 4.98 Å². The average Bonchev–Trinajstić information content (AvgIpc) is 2.67. The van der Waals surface area contributed by atoms with Gasteiger partial charge in [-0.05, 0) is 31.0 Å². The lowest BCUT2D eigenvalue weighted by Crippen LogP contribution is -2.52. The number of aliphatic imine (C=N–C) groups is 1. The molecule has 2 aromatic heterocycles. The van der Waals surface area contributed by atoms with Crippen LogP contribution in [0.3, 0.4) is 0 Å². The molecular weight excluding hydrogens is 298 g/mol. The zero-order chi connectivity index (χ0) is 15.9. The Labute approximate surface area is 140 Å². The zero-order valence-electron chi connectivity index (χ0n) is 13.5. The van der Waals surface area contributed by atoms with Crippen LogP contribution in [0.5, 0.6) is 0 Å². The van der Waals surface area contributed by atoms with Gasteiger partial charge < -0.3 is 4.90 Å². The van der Waals surface area contributed by atoms with Crippen molar-refractivity contribution in [1.29, 1.82) is 0 Å². The fraction of sp³-hybridized carbons (Fsp3) is 0.316. The van der Waals surface area contributed by atoms with Crippen molar-refractivity contribution < 1.29 is 0 Å². The number of aromatic nitrogens is 2. The number of rotatable bonds is 1. The number of hydrogen-bond acceptors (Lipinski definition) is 5. The van der Waals surface area contributed by atoms with Crippen LogP contribution in [0.2, 0.25) is 0 Å². The predicted molar refractivity (Wildman–Crippen MR) is 97.5 cm³/mol. The summed E-state index contributed by atoms with van der Waals surface area (Å²) >= 11 is 0. The van der Waals surface area contributed by atoms with Crippen molar-refractivity contribution in [2.75, 3.05) is 31.1 Å². The summed E-state index contributed by atoms with van der Waals surface area (Å²) in [5.74, 6) is 2.07. The zero-order valence-corrected chi connectivity index (χ0v) is 13.5. The number of fused-ring (bicyclic) bond motifs is 4. The Balaban J connectivity index is 1.66. The Morgan fingerprint density at radius 3 is 2.62 bits per heavy atom. The number of hydrogen-bond donors (Lipinski definition) is 0. The van der Waals surface area contributed by atoms with Gasteiger partial charge in [-0.3, -0.25) is 14.9 Å². The van der Waals surface area contributed by atoms with Gasteiger partial charge >= 0.3 is 0 Å². The molecule has 0 saturated carbocycles. The topological polar surface area (TPSA) is 44.6 Å². The highest BCUT2D eigenvalue weighted by Crippen LogP contribution is 2.26. The first-order valence-electron chi connectivity index (χ1n) is 8.62. The van der Waals surface area contributed by atoms with E-state index in [9.17, 15) is 0 Å². The lowest BCUT2D eigenvalue weighted by Gasteiger charge is -2.40. The number of anilines is 1. The minimum absolute atomic E-state index is 0.917. The lowest BCUT2D eigenvalue weighted by atomic mass is 10.1. The molecule has 0 amide bonds. The van der Waals surface area contributed by atoms with Crippen LogP contribution < -0.4 is 4.90 Å². The maximum absolute atomic E-state index is 4.97. The Morgan fingerprint density at radius 2 is 1.67 bits per heavy atom. The molecule has 5 heteroatoms.